The van der Waals surface area contributed by atoms with Gasteiger partial charge in [0.25, 0.3) is 0 Å². The van der Waals surface area contributed by atoms with Gasteiger partial charge in [0.1, 0.15) is 0 Å². The Bertz CT molecular complexity index is 504. The second-order valence-electron chi connectivity index (χ2n) is 6.26. The monoisotopic (exact) mass is 319 g/mol. The van der Waals surface area contributed by atoms with Crippen LogP contribution in [-0.4, -0.2) is 82.7 Å². The van der Waals surface area contributed by atoms with E-state index in [-0.39, 0.29) is 12.0 Å². The highest BCUT2D eigenvalue weighted by Crippen LogP contribution is 2.12. The number of hydrogen-bond donors (Lipinski definition) is 1. The van der Waals surface area contributed by atoms with Crippen LogP contribution < -0.4 is 4.90 Å². The third-order valence-corrected chi connectivity index (χ3v) is 4.59. The lowest BCUT2D eigenvalue weighted by Gasteiger charge is -2.35. The maximum absolute atomic E-state index is 12.4. The molecule has 2 aliphatic rings. The predicted octanol–water partition coefficient (Wildman–Crippen LogP) is -0.0280. The van der Waals surface area contributed by atoms with Gasteiger partial charge in [0.05, 0.1) is 6.10 Å². The van der Waals surface area contributed by atoms with E-state index in [9.17, 15) is 9.90 Å². The molecule has 3 rings (SSSR count). The molecule has 1 aromatic heterocycles. The molecule has 7 nitrogen and oxygen atoms in total. The van der Waals surface area contributed by atoms with Crippen molar-refractivity contribution in [3.05, 3.63) is 18.5 Å². The Balaban J connectivity index is 1.41. The molecular formula is C16H25N5O2. The van der Waals surface area contributed by atoms with E-state index >= 15 is 0 Å². The van der Waals surface area contributed by atoms with Crippen molar-refractivity contribution in [2.45, 2.75) is 25.4 Å². The summed E-state index contributed by atoms with van der Waals surface area (Å²) < 4.78 is 0. The van der Waals surface area contributed by atoms with Gasteiger partial charge in [0.2, 0.25) is 11.9 Å². The number of aromatic nitrogens is 2. The Morgan fingerprint density at radius 2 is 1.91 bits per heavy atom. The molecule has 126 valence electrons. The number of likely N-dealkylation sites (tertiary alicyclic amines) is 1. The van der Waals surface area contributed by atoms with Crippen molar-refractivity contribution >= 4 is 11.9 Å². The van der Waals surface area contributed by atoms with E-state index < -0.39 is 0 Å². The van der Waals surface area contributed by atoms with E-state index in [0.29, 0.717) is 13.0 Å². The molecule has 0 aliphatic carbocycles. The standard InChI is InChI=1S/C16H25N5O2/c22-14-3-1-7-19(13-14)8-4-15(23)20-9-11-21(12-10-20)16-17-5-2-6-18-16/h2,5-6,14,22H,1,3-4,7-13H2/t14-/m1/s1. The van der Waals surface area contributed by atoms with Gasteiger partial charge in [-0.3, -0.25) is 4.79 Å². The number of aliphatic hydroxyl groups is 1. The van der Waals surface area contributed by atoms with Crippen molar-refractivity contribution in [3.63, 3.8) is 0 Å². The molecule has 2 fully saturated rings. The van der Waals surface area contributed by atoms with Crippen LogP contribution in [0.3, 0.4) is 0 Å². The quantitative estimate of drug-likeness (QED) is 0.840. The first-order valence-corrected chi connectivity index (χ1v) is 8.42. The Hall–Kier alpha value is -1.73. The maximum Gasteiger partial charge on any atom is 0.225 e. The molecule has 2 aliphatic heterocycles. The van der Waals surface area contributed by atoms with Gasteiger partial charge in [0, 0.05) is 58.1 Å². The number of piperazine rings is 1. The van der Waals surface area contributed by atoms with Gasteiger partial charge in [-0.1, -0.05) is 0 Å². The van der Waals surface area contributed by atoms with Crippen LogP contribution in [-0.2, 0) is 4.79 Å². The largest absolute Gasteiger partial charge is 0.392 e. The van der Waals surface area contributed by atoms with Gasteiger partial charge in [-0.15, -0.1) is 0 Å². The van der Waals surface area contributed by atoms with Crippen LogP contribution in [0.25, 0.3) is 0 Å². The summed E-state index contributed by atoms with van der Waals surface area (Å²) in [5.74, 6) is 0.945. The summed E-state index contributed by atoms with van der Waals surface area (Å²) in [5.41, 5.74) is 0. The van der Waals surface area contributed by atoms with Crippen molar-refractivity contribution in [1.82, 2.24) is 19.8 Å². The topological polar surface area (TPSA) is 72.8 Å². The lowest BCUT2D eigenvalue weighted by atomic mass is 10.1. The zero-order valence-electron chi connectivity index (χ0n) is 13.5. The molecule has 0 aromatic carbocycles. The van der Waals surface area contributed by atoms with Gasteiger partial charge in [-0.05, 0) is 25.5 Å². The smallest absolute Gasteiger partial charge is 0.225 e. The molecule has 7 heteroatoms. The van der Waals surface area contributed by atoms with E-state index in [2.05, 4.69) is 19.8 Å². The van der Waals surface area contributed by atoms with Crippen LogP contribution >= 0.6 is 0 Å². The van der Waals surface area contributed by atoms with Crippen LogP contribution in [0.5, 0.6) is 0 Å². The summed E-state index contributed by atoms with van der Waals surface area (Å²) in [5, 5.41) is 9.68. The van der Waals surface area contributed by atoms with Crippen LogP contribution in [0.15, 0.2) is 18.5 Å². The van der Waals surface area contributed by atoms with Crippen LogP contribution in [0.2, 0.25) is 0 Å². The number of hydrogen-bond acceptors (Lipinski definition) is 6. The third kappa shape index (κ3) is 4.39. The van der Waals surface area contributed by atoms with E-state index in [1.165, 1.54) is 0 Å². The molecule has 0 unspecified atom stereocenters. The van der Waals surface area contributed by atoms with Crippen LogP contribution in [0, 0.1) is 0 Å². The highest BCUT2D eigenvalue weighted by atomic mass is 16.3. The molecule has 1 atom stereocenters. The Labute approximate surface area is 136 Å². The predicted molar refractivity (Wildman–Crippen MR) is 87.1 cm³/mol. The minimum Gasteiger partial charge on any atom is -0.392 e. The third-order valence-electron chi connectivity index (χ3n) is 4.59. The minimum absolute atomic E-state index is 0.207. The van der Waals surface area contributed by atoms with Crippen molar-refractivity contribution < 1.29 is 9.90 Å². The number of nitrogens with zero attached hydrogens (tertiary/aromatic N) is 5. The lowest BCUT2D eigenvalue weighted by Crippen LogP contribution is -2.50. The van der Waals surface area contributed by atoms with Crippen molar-refractivity contribution in [1.29, 1.82) is 0 Å². The first kappa shape index (κ1) is 16.1. The molecule has 0 spiro atoms. The summed E-state index contributed by atoms with van der Waals surface area (Å²) in [6.07, 6.45) is 5.70. The highest BCUT2D eigenvalue weighted by molar-refractivity contribution is 5.76. The molecule has 23 heavy (non-hydrogen) atoms. The van der Waals surface area contributed by atoms with Crippen molar-refractivity contribution in [2.75, 3.05) is 50.7 Å². The Morgan fingerprint density at radius 1 is 1.17 bits per heavy atom. The van der Waals surface area contributed by atoms with E-state index in [4.69, 9.17) is 0 Å². The summed E-state index contributed by atoms with van der Waals surface area (Å²) in [6.45, 7) is 5.43. The first-order chi connectivity index (χ1) is 11.2. The number of carbonyl (C=O) groups excluding carboxylic acids is 1. The van der Waals surface area contributed by atoms with Gasteiger partial charge < -0.3 is 19.8 Å². The Morgan fingerprint density at radius 3 is 2.61 bits per heavy atom. The second kappa shape index (κ2) is 7.70. The molecule has 3 heterocycles. The fourth-order valence-electron chi connectivity index (χ4n) is 3.26. The van der Waals surface area contributed by atoms with Gasteiger partial charge in [-0.2, -0.15) is 0 Å². The number of carbonyl (C=O) groups is 1. The normalized spacial score (nSPS) is 23.1. The summed E-state index contributed by atoms with van der Waals surface area (Å²) >= 11 is 0. The zero-order valence-corrected chi connectivity index (χ0v) is 13.5. The van der Waals surface area contributed by atoms with Crippen molar-refractivity contribution in [3.8, 4) is 0 Å². The van der Waals surface area contributed by atoms with Crippen molar-refractivity contribution in [2.24, 2.45) is 0 Å². The van der Waals surface area contributed by atoms with E-state index in [0.717, 1.165) is 58.1 Å². The average molecular weight is 319 g/mol. The molecule has 1 N–H and O–H groups in total. The fourth-order valence-corrected chi connectivity index (χ4v) is 3.26. The number of anilines is 1. The van der Waals surface area contributed by atoms with Gasteiger partial charge in [0.15, 0.2) is 0 Å². The van der Waals surface area contributed by atoms with E-state index in [1.807, 2.05) is 4.90 Å². The Kier molecular flexibility index (Phi) is 5.40. The summed E-state index contributed by atoms with van der Waals surface area (Å²) in [7, 11) is 0. The molecule has 0 bridgehead atoms. The number of β-amino-alcohol motifs (C(OH)–C–C–N with tert-alkyl or cyclic N) is 1. The molecule has 0 radical (unpaired) electrons. The van der Waals surface area contributed by atoms with Crippen LogP contribution in [0.1, 0.15) is 19.3 Å². The maximum atomic E-state index is 12.4. The zero-order chi connectivity index (χ0) is 16.1. The van der Waals surface area contributed by atoms with Crippen LogP contribution in [0.4, 0.5) is 5.95 Å². The molecule has 1 aromatic rings. The van der Waals surface area contributed by atoms with Gasteiger partial charge >= 0.3 is 0 Å². The number of rotatable bonds is 4. The summed E-state index contributed by atoms with van der Waals surface area (Å²) in [6, 6.07) is 1.81. The summed E-state index contributed by atoms with van der Waals surface area (Å²) in [4.78, 5) is 27.1. The number of amides is 1. The fraction of sp³-hybridized carbons (Fsp3) is 0.688. The minimum atomic E-state index is -0.228. The SMILES string of the molecule is O=C(CCN1CCC[C@@H](O)C1)N1CCN(c2ncccn2)CC1. The molecular weight excluding hydrogens is 294 g/mol. The number of piperidine rings is 1. The highest BCUT2D eigenvalue weighted by Gasteiger charge is 2.23. The lowest BCUT2D eigenvalue weighted by molar-refractivity contribution is -0.132. The number of aliphatic hydroxyl groups excluding tert-OH is 1. The second-order valence-corrected chi connectivity index (χ2v) is 6.26. The first-order valence-electron chi connectivity index (χ1n) is 8.42. The van der Waals surface area contributed by atoms with E-state index in [1.54, 1.807) is 18.5 Å². The van der Waals surface area contributed by atoms with Gasteiger partial charge in [-0.25, -0.2) is 9.97 Å². The average Bonchev–Trinajstić information content (AvgIpc) is 2.61. The molecule has 1 amide bonds. The molecule has 0 saturated carbocycles. The molecule has 2 saturated heterocycles.